The summed E-state index contributed by atoms with van der Waals surface area (Å²) in [5, 5.41) is 26.1. The molecule has 0 saturated heterocycles. The van der Waals surface area contributed by atoms with Crippen LogP contribution in [0.1, 0.15) is 29.8 Å². The van der Waals surface area contributed by atoms with E-state index in [1.807, 2.05) is 31.2 Å². The molecule has 196 valence electrons. The summed E-state index contributed by atoms with van der Waals surface area (Å²) in [6.45, 7) is 3.98. The van der Waals surface area contributed by atoms with E-state index in [-0.39, 0.29) is 12.1 Å². The molecule has 0 amide bonds. The Labute approximate surface area is 227 Å². The van der Waals surface area contributed by atoms with Crippen molar-refractivity contribution in [3.63, 3.8) is 0 Å². The van der Waals surface area contributed by atoms with Crippen LogP contribution in [0.3, 0.4) is 0 Å². The zero-order chi connectivity index (χ0) is 27.0. The van der Waals surface area contributed by atoms with Crippen molar-refractivity contribution in [2.75, 3.05) is 5.32 Å². The second-order valence-electron chi connectivity index (χ2n) is 9.17. The molecule has 11 heteroatoms. The molecular formula is C27H24Cl2F2N6O. The first-order valence-electron chi connectivity index (χ1n) is 11.8. The molecule has 0 aliphatic heterocycles. The monoisotopic (exact) mass is 556 g/mol. The highest BCUT2D eigenvalue weighted by molar-refractivity contribution is 6.35. The molecule has 2 atom stereocenters. The number of nitrogens with one attached hydrogen (secondary N) is 1. The summed E-state index contributed by atoms with van der Waals surface area (Å²) in [7, 11) is 0. The lowest BCUT2D eigenvalue weighted by molar-refractivity contribution is -0.0372. The van der Waals surface area contributed by atoms with Crippen LogP contribution >= 0.6 is 23.2 Å². The summed E-state index contributed by atoms with van der Waals surface area (Å²) >= 11 is 12.3. The van der Waals surface area contributed by atoms with E-state index in [2.05, 4.69) is 15.4 Å². The number of rotatable bonds is 8. The molecule has 38 heavy (non-hydrogen) atoms. The molecule has 0 saturated carbocycles. The topological polar surface area (TPSA) is 80.8 Å². The Morgan fingerprint density at radius 1 is 1.08 bits per heavy atom. The number of benzene rings is 3. The highest BCUT2D eigenvalue weighted by Crippen LogP contribution is 2.38. The summed E-state index contributed by atoms with van der Waals surface area (Å²) in [5.41, 5.74) is 1.32. The number of aromatic nitrogens is 5. The number of anilines is 1. The van der Waals surface area contributed by atoms with Crippen LogP contribution in [0, 0.1) is 18.6 Å². The van der Waals surface area contributed by atoms with Crippen LogP contribution in [0.5, 0.6) is 0 Å². The van der Waals surface area contributed by atoms with Gasteiger partial charge in [0.05, 0.1) is 18.1 Å². The maximum atomic E-state index is 15.0. The van der Waals surface area contributed by atoms with E-state index in [9.17, 15) is 13.9 Å². The third kappa shape index (κ3) is 4.97. The lowest BCUT2D eigenvalue weighted by Crippen LogP contribution is -2.41. The van der Waals surface area contributed by atoms with Crippen LogP contribution in [0.15, 0.2) is 67.3 Å². The van der Waals surface area contributed by atoms with Crippen LogP contribution in [0.25, 0.3) is 10.9 Å². The van der Waals surface area contributed by atoms with Gasteiger partial charge in [-0.3, -0.25) is 4.68 Å². The second kappa shape index (κ2) is 10.3. The third-order valence-electron chi connectivity index (χ3n) is 6.77. The minimum absolute atomic E-state index is 0.0666. The van der Waals surface area contributed by atoms with Gasteiger partial charge in [0.15, 0.2) is 0 Å². The van der Waals surface area contributed by atoms with E-state index >= 15 is 0 Å². The van der Waals surface area contributed by atoms with Gasteiger partial charge in [-0.2, -0.15) is 10.2 Å². The third-order valence-corrected chi connectivity index (χ3v) is 7.36. The first-order chi connectivity index (χ1) is 18.2. The molecule has 0 fully saturated rings. The SMILES string of the molecule is Cc1c2cc(NCc3ccc(Cl)cc3Cl)ccc2nn1[C@H](C)[C@](O)(Cn1cncn1)c1ccc(F)cc1F. The minimum Gasteiger partial charge on any atom is -0.381 e. The minimum atomic E-state index is -1.83. The fourth-order valence-corrected chi connectivity index (χ4v) is 5.10. The molecule has 5 rings (SSSR count). The highest BCUT2D eigenvalue weighted by atomic mass is 35.5. The number of nitrogens with zero attached hydrogens (tertiary/aromatic N) is 5. The average Bonchev–Trinajstić information content (AvgIpc) is 3.50. The fourth-order valence-electron chi connectivity index (χ4n) is 4.62. The zero-order valence-corrected chi connectivity index (χ0v) is 22.0. The quantitative estimate of drug-likeness (QED) is 0.235. The first-order valence-corrected chi connectivity index (χ1v) is 12.6. The molecule has 0 aliphatic carbocycles. The van der Waals surface area contributed by atoms with E-state index in [0.29, 0.717) is 22.1 Å². The molecular weight excluding hydrogens is 533 g/mol. The van der Waals surface area contributed by atoms with Crippen LogP contribution in [-0.2, 0) is 18.7 Å². The van der Waals surface area contributed by atoms with Gasteiger partial charge < -0.3 is 10.4 Å². The van der Waals surface area contributed by atoms with E-state index in [0.717, 1.165) is 34.5 Å². The summed E-state index contributed by atoms with van der Waals surface area (Å²) in [6.07, 6.45) is 2.75. The van der Waals surface area contributed by atoms with Crippen LogP contribution in [0.2, 0.25) is 10.0 Å². The largest absolute Gasteiger partial charge is 0.381 e. The standard InChI is InChI=1S/C27H24Cl2F2N6O/c1-16-22-11-21(33-12-18-3-4-19(28)9-24(18)29)6-8-26(22)35-37(16)17(2)27(38,13-36-15-32-14-34-36)23-7-5-20(30)10-25(23)31/h3-11,14-15,17,33,38H,12-13H2,1-2H3/t17-,27-/m1/s1. The maximum absolute atomic E-state index is 15.0. The number of halogens is 4. The number of aryl methyl sites for hydroxylation is 1. The van der Waals surface area contributed by atoms with Crippen molar-refractivity contribution in [2.45, 2.75) is 38.6 Å². The summed E-state index contributed by atoms with van der Waals surface area (Å²) < 4.78 is 31.7. The molecule has 2 heterocycles. The Morgan fingerprint density at radius 2 is 1.89 bits per heavy atom. The lowest BCUT2D eigenvalue weighted by atomic mass is 9.86. The molecule has 2 aromatic heterocycles. The van der Waals surface area contributed by atoms with Gasteiger partial charge in [-0.1, -0.05) is 35.3 Å². The molecule has 5 aromatic rings. The van der Waals surface area contributed by atoms with Crippen molar-refractivity contribution in [2.24, 2.45) is 0 Å². The maximum Gasteiger partial charge on any atom is 0.137 e. The molecule has 0 bridgehead atoms. The number of hydrogen-bond acceptors (Lipinski definition) is 5. The van der Waals surface area contributed by atoms with Crippen molar-refractivity contribution in [3.05, 3.63) is 106 Å². The Kier molecular flexibility index (Phi) is 7.09. The van der Waals surface area contributed by atoms with Crippen molar-refractivity contribution in [3.8, 4) is 0 Å². The average molecular weight is 557 g/mol. The van der Waals surface area contributed by atoms with Crippen LogP contribution in [-0.4, -0.2) is 29.7 Å². The summed E-state index contributed by atoms with van der Waals surface area (Å²) in [4.78, 5) is 3.92. The number of fused-ring (bicyclic) bond motifs is 1. The second-order valence-corrected chi connectivity index (χ2v) is 10.0. The predicted molar refractivity (Wildman–Crippen MR) is 143 cm³/mol. The summed E-state index contributed by atoms with van der Waals surface area (Å²) in [6, 6.07) is 13.4. The van der Waals surface area contributed by atoms with E-state index < -0.39 is 23.3 Å². The summed E-state index contributed by atoms with van der Waals surface area (Å²) in [5.74, 6) is -1.59. The van der Waals surface area contributed by atoms with Gasteiger partial charge in [0, 0.05) is 45.0 Å². The van der Waals surface area contributed by atoms with Crippen molar-refractivity contribution in [1.82, 2.24) is 24.5 Å². The Hall–Kier alpha value is -3.53. The Bertz CT molecular complexity index is 1610. The van der Waals surface area contributed by atoms with Crippen LogP contribution in [0.4, 0.5) is 14.5 Å². The first kappa shape index (κ1) is 26.1. The van der Waals surface area contributed by atoms with Crippen molar-refractivity contribution >= 4 is 39.8 Å². The smallest absolute Gasteiger partial charge is 0.137 e. The van der Waals surface area contributed by atoms with Crippen molar-refractivity contribution < 1.29 is 13.9 Å². The molecule has 0 aliphatic rings. The molecule has 3 aromatic carbocycles. The van der Waals surface area contributed by atoms with E-state index in [1.54, 1.807) is 23.7 Å². The molecule has 2 N–H and O–H groups in total. The molecule has 0 radical (unpaired) electrons. The van der Waals surface area contributed by atoms with Gasteiger partial charge in [0.25, 0.3) is 0 Å². The Morgan fingerprint density at radius 3 is 2.61 bits per heavy atom. The molecule has 0 spiro atoms. The van der Waals surface area contributed by atoms with Crippen molar-refractivity contribution in [1.29, 1.82) is 0 Å². The van der Waals surface area contributed by atoms with E-state index in [4.69, 9.17) is 28.3 Å². The highest BCUT2D eigenvalue weighted by Gasteiger charge is 2.41. The lowest BCUT2D eigenvalue weighted by Gasteiger charge is -2.35. The molecule has 0 unspecified atom stereocenters. The normalized spacial score (nSPS) is 14.0. The zero-order valence-electron chi connectivity index (χ0n) is 20.5. The Balaban J connectivity index is 1.49. The van der Waals surface area contributed by atoms with Gasteiger partial charge >= 0.3 is 0 Å². The van der Waals surface area contributed by atoms with Gasteiger partial charge in [0.1, 0.15) is 29.9 Å². The van der Waals surface area contributed by atoms with E-state index in [1.165, 1.54) is 23.4 Å². The molecule has 7 nitrogen and oxygen atoms in total. The van der Waals surface area contributed by atoms with Gasteiger partial charge in [-0.25, -0.2) is 18.4 Å². The van der Waals surface area contributed by atoms with Gasteiger partial charge in [0.2, 0.25) is 0 Å². The predicted octanol–water partition coefficient (Wildman–Crippen LogP) is 6.28. The van der Waals surface area contributed by atoms with Gasteiger partial charge in [-0.15, -0.1) is 0 Å². The fraction of sp³-hybridized carbons (Fsp3) is 0.222. The van der Waals surface area contributed by atoms with Gasteiger partial charge in [-0.05, 0) is 55.8 Å². The number of hydrogen-bond donors (Lipinski definition) is 2. The number of aliphatic hydroxyl groups is 1. The van der Waals surface area contributed by atoms with Crippen LogP contribution < -0.4 is 5.32 Å².